The fraction of sp³-hybridized carbons (Fsp3) is 0.0741. The van der Waals surface area contributed by atoms with E-state index in [9.17, 15) is 4.79 Å². The summed E-state index contributed by atoms with van der Waals surface area (Å²) >= 11 is 0. The predicted octanol–water partition coefficient (Wildman–Crippen LogP) is 6.82. The normalized spacial score (nSPS) is 17.2. The Morgan fingerprint density at radius 2 is 0.964 bits per heavy atom. The molecule has 134 valence electrons. The van der Waals surface area contributed by atoms with Crippen LogP contribution in [0.1, 0.15) is 24.0 Å². The Balaban J connectivity index is 1.44. The van der Waals surface area contributed by atoms with E-state index in [1.807, 2.05) is 24.3 Å². The summed E-state index contributed by atoms with van der Waals surface area (Å²) in [7, 11) is 0. The molecule has 1 nitrogen and oxygen atoms in total. The van der Waals surface area contributed by atoms with E-state index < -0.39 is 0 Å². The molecule has 4 aromatic rings. The van der Waals surface area contributed by atoms with Crippen LogP contribution in [0.2, 0.25) is 0 Å². The summed E-state index contributed by atoms with van der Waals surface area (Å²) in [6.07, 6.45) is 5.72. The zero-order valence-corrected chi connectivity index (χ0v) is 15.6. The smallest absolute Gasteiger partial charge is 0.185 e. The maximum absolute atomic E-state index is 12.9. The number of carbonyl (C=O) groups is 1. The third-order valence-electron chi connectivity index (χ3n) is 5.48. The molecule has 1 saturated carbocycles. The number of hydrogen-bond acceptors (Lipinski definition) is 1. The molecular formula is C27H20O. The van der Waals surface area contributed by atoms with Gasteiger partial charge in [-0.15, -0.1) is 0 Å². The number of carbonyl (C=O) groups excluding carboxylic acids is 1. The molecule has 1 heteroatoms. The highest BCUT2D eigenvalue weighted by atomic mass is 16.1. The van der Waals surface area contributed by atoms with Gasteiger partial charge < -0.3 is 0 Å². The van der Waals surface area contributed by atoms with Gasteiger partial charge in [0.2, 0.25) is 0 Å². The van der Waals surface area contributed by atoms with E-state index in [1.54, 1.807) is 0 Å². The van der Waals surface area contributed by atoms with Gasteiger partial charge in [0.1, 0.15) is 0 Å². The Kier molecular flexibility index (Phi) is 4.14. The van der Waals surface area contributed by atoms with Crippen LogP contribution in [-0.2, 0) is 4.79 Å². The fourth-order valence-corrected chi connectivity index (χ4v) is 3.98. The van der Waals surface area contributed by atoms with Crippen molar-refractivity contribution in [1.29, 1.82) is 0 Å². The summed E-state index contributed by atoms with van der Waals surface area (Å²) in [5, 5.41) is 4.85. The van der Waals surface area contributed by atoms with Crippen LogP contribution in [0.3, 0.4) is 0 Å². The molecule has 1 aliphatic carbocycles. The van der Waals surface area contributed by atoms with Crippen LogP contribution in [0.25, 0.3) is 33.7 Å². The van der Waals surface area contributed by atoms with Crippen LogP contribution in [0.15, 0.2) is 96.1 Å². The maximum atomic E-state index is 12.9. The molecular weight excluding hydrogens is 340 g/mol. The third kappa shape index (κ3) is 3.16. The van der Waals surface area contributed by atoms with E-state index in [0.717, 1.165) is 35.1 Å². The standard InChI is InChI=1S/C27H20O/c28-27-25(17-19-9-11-21-5-1-3-7-23(21)15-19)13-14-26(27)18-20-10-12-22-6-2-4-8-24(22)16-20/h1-12,15-18H,13-14H2. The van der Waals surface area contributed by atoms with Crippen molar-refractivity contribution in [3.8, 4) is 0 Å². The number of rotatable bonds is 2. The van der Waals surface area contributed by atoms with E-state index >= 15 is 0 Å². The van der Waals surface area contributed by atoms with Gasteiger partial charge in [-0.05, 0) is 69.8 Å². The number of Topliss-reactive ketones (excluding diaryl/α,β-unsaturated/α-hetero) is 1. The number of ketones is 1. The second-order valence-electron chi connectivity index (χ2n) is 7.38. The van der Waals surface area contributed by atoms with Crippen LogP contribution in [-0.4, -0.2) is 5.78 Å². The summed E-state index contributed by atoms with van der Waals surface area (Å²) in [4.78, 5) is 12.9. The summed E-state index contributed by atoms with van der Waals surface area (Å²) in [6.45, 7) is 0. The van der Waals surface area contributed by atoms with Crippen molar-refractivity contribution < 1.29 is 4.79 Å². The summed E-state index contributed by atoms with van der Waals surface area (Å²) in [5.41, 5.74) is 3.99. The monoisotopic (exact) mass is 360 g/mol. The first kappa shape index (κ1) is 16.7. The highest BCUT2D eigenvalue weighted by Crippen LogP contribution is 2.30. The van der Waals surface area contributed by atoms with Crippen molar-refractivity contribution >= 4 is 39.5 Å². The topological polar surface area (TPSA) is 17.1 Å². The van der Waals surface area contributed by atoms with E-state index in [-0.39, 0.29) is 5.78 Å². The van der Waals surface area contributed by atoms with Gasteiger partial charge in [-0.25, -0.2) is 0 Å². The average molecular weight is 360 g/mol. The lowest BCUT2D eigenvalue weighted by Crippen LogP contribution is -1.95. The van der Waals surface area contributed by atoms with E-state index in [4.69, 9.17) is 0 Å². The first-order valence-electron chi connectivity index (χ1n) is 9.70. The van der Waals surface area contributed by atoms with Crippen LogP contribution in [0.5, 0.6) is 0 Å². The molecule has 0 saturated heterocycles. The minimum Gasteiger partial charge on any atom is -0.289 e. The molecule has 5 rings (SSSR count). The lowest BCUT2D eigenvalue weighted by molar-refractivity contribution is -0.111. The summed E-state index contributed by atoms with van der Waals surface area (Å²) in [5.74, 6) is 0.182. The maximum Gasteiger partial charge on any atom is 0.185 e. The highest BCUT2D eigenvalue weighted by molar-refractivity contribution is 6.15. The van der Waals surface area contributed by atoms with Crippen molar-refractivity contribution in [2.45, 2.75) is 12.8 Å². The Morgan fingerprint density at radius 3 is 1.43 bits per heavy atom. The summed E-state index contributed by atoms with van der Waals surface area (Å²) in [6, 6.07) is 29.3. The number of allylic oxidation sites excluding steroid dienone is 2. The first-order valence-corrected chi connectivity index (χ1v) is 9.70. The predicted molar refractivity (Wildman–Crippen MR) is 118 cm³/mol. The molecule has 28 heavy (non-hydrogen) atoms. The van der Waals surface area contributed by atoms with Gasteiger partial charge in [0.15, 0.2) is 5.78 Å². The van der Waals surface area contributed by atoms with Gasteiger partial charge >= 0.3 is 0 Å². The van der Waals surface area contributed by atoms with Gasteiger partial charge in [-0.2, -0.15) is 0 Å². The van der Waals surface area contributed by atoms with Crippen molar-refractivity contribution in [3.05, 3.63) is 107 Å². The Morgan fingerprint density at radius 1 is 0.536 bits per heavy atom. The van der Waals surface area contributed by atoms with E-state index in [0.29, 0.717) is 0 Å². The Labute approximate surface area is 164 Å². The van der Waals surface area contributed by atoms with Gasteiger partial charge in [0, 0.05) is 11.1 Å². The second kappa shape index (κ2) is 6.94. The third-order valence-corrected chi connectivity index (χ3v) is 5.48. The molecule has 0 unspecified atom stereocenters. The molecule has 0 spiro atoms. The first-order chi connectivity index (χ1) is 13.8. The SMILES string of the molecule is O=C1C(=Cc2ccc3ccccc3c2)CCC1=Cc1ccc2ccccc2c1. The van der Waals surface area contributed by atoms with Gasteiger partial charge in [0.05, 0.1) is 0 Å². The molecule has 0 aromatic heterocycles. The molecule has 0 aliphatic heterocycles. The van der Waals surface area contributed by atoms with E-state index in [2.05, 4.69) is 72.8 Å². The molecule has 0 N–H and O–H groups in total. The second-order valence-corrected chi connectivity index (χ2v) is 7.38. The Hall–Kier alpha value is -3.45. The molecule has 1 aliphatic rings. The zero-order chi connectivity index (χ0) is 18.9. The van der Waals surface area contributed by atoms with Gasteiger partial charge in [-0.1, -0.05) is 72.8 Å². The van der Waals surface area contributed by atoms with Gasteiger partial charge in [0.25, 0.3) is 0 Å². The zero-order valence-electron chi connectivity index (χ0n) is 15.6. The molecule has 0 radical (unpaired) electrons. The van der Waals surface area contributed by atoms with Crippen molar-refractivity contribution in [2.75, 3.05) is 0 Å². The highest BCUT2D eigenvalue weighted by Gasteiger charge is 2.22. The molecule has 4 aromatic carbocycles. The Bertz CT molecular complexity index is 1170. The van der Waals surface area contributed by atoms with E-state index in [1.165, 1.54) is 21.5 Å². The fourth-order valence-electron chi connectivity index (χ4n) is 3.98. The van der Waals surface area contributed by atoms with Crippen LogP contribution < -0.4 is 0 Å². The van der Waals surface area contributed by atoms with Crippen LogP contribution in [0, 0.1) is 0 Å². The van der Waals surface area contributed by atoms with Crippen molar-refractivity contribution in [3.63, 3.8) is 0 Å². The molecule has 0 heterocycles. The minimum absolute atomic E-state index is 0.182. The molecule has 1 fully saturated rings. The summed E-state index contributed by atoms with van der Waals surface area (Å²) < 4.78 is 0. The number of fused-ring (bicyclic) bond motifs is 2. The number of hydrogen-bond donors (Lipinski definition) is 0. The quantitative estimate of drug-likeness (QED) is 0.358. The average Bonchev–Trinajstić information content (AvgIpc) is 3.07. The van der Waals surface area contributed by atoms with Crippen molar-refractivity contribution in [2.24, 2.45) is 0 Å². The van der Waals surface area contributed by atoms with Crippen molar-refractivity contribution in [1.82, 2.24) is 0 Å². The lowest BCUT2D eigenvalue weighted by Gasteiger charge is -2.02. The number of benzene rings is 4. The largest absolute Gasteiger partial charge is 0.289 e. The molecule has 0 bridgehead atoms. The molecule has 0 atom stereocenters. The minimum atomic E-state index is 0.182. The van der Waals surface area contributed by atoms with Crippen LogP contribution in [0.4, 0.5) is 0 Å². The van der Waals surface area contributed by atoms with Crippen LogP contribution >= 0.6 is 0 Å². The van der Waals surface area contributed by atoms with Gasteiger partial charge in [-0.3, -0.25) is 4.79 Å². The lowest BCUT2D eigenvalue weighted by atomic mass is 10.0. The molecule has 0 amide bonds.